The second kappa shape index (κ2) is 8.31. The van der Waals surface area contributed by atoms with Crippen LogP contribution in [0.5, 0.6) is 0 Å². The molecule has 1 aromatic heterocycles. The standard InChI is InChI=1S/C24H31N3.Ir/c1-16(2)22-25-23(20-11-9-10-17(3)15-20)27(24(6,7)8)26(22)21-13-12-18(4)14-19(21)5;/h9-10,12-16H,1-8H3;. The third-order valence-corrected chi connectivity index (χ3v) is 4.77. The monoisotopic (exact) mass is 554 g/mol. The molecule has 0 unspecified atom stereocenters. The summed E-state index contributed by atoms with van der Waals surface area (Å²) in [5.74, 6) is 2.34. The average molecular weight is 554 g/mol. The van der Waals surface area contributed by atoms with Crippen LogP contribution in [0.1, 0.15) is 63.1 Å². The van der Waals surface area contributed by atoms with Gasteiger partial charge in [-0.1, -0.05) is 49.0 Å². The van der Waals surface area contributed by atoms with Crippen LogP contribution in [0.2, 0.25) is 0 Å². The molecule has 3 rings (SSSR count). The molecule has 0 saturated heterocycles. The zero-order chi connectivity index (χ0) is 19.9. The first-order valence-electron chi connectivity index (χ1n) is 9.71. The van der Waals surface area contributed by atoms with Gasteiger partial charge >= 0.3 is 5.82 Å². The van der Waals surface area contributed by atoms with Crippen molar-refractivity contribution >= 4 is 0 Å². The second-order valence-electron chi connectivity index (χ2n) is 8.81. The predicted molar refractivity (Wildman–Crippen MR) is 111 cm³/mol. The van der Waals surface area contributed by atoms with E-state index in [1.165, 1.54) is 22.4 Å². The normalized spacial score (nSPS) is 11.6. The number of hydrogen-bond donors (Lipinski definition) is 0. The molecule has 28 heavy (non-hydrogen) atoms. The van der Waals surface area contributed by atoms with Crippen molar-refractivity contribution < 1.29 is 24.8 Å². The smallest absolute Gasteiger partial charge is 0.203 e. The van der Waals surface area contributed by atoms with Gasteiger partial charge in [0.15, 0.2) is 5.69 Å². The Labute approximate surface area is 183 Å². The number of aryl methyl sites for hydroxylation is 3. The van der Waals surface area contributed by atoms with Gasteiger partial charge in [0.2, 0.25) is 5.82 Å². The number of nitrogens with zero attached hydrogens (tertiary/aromatic N) is 3. The topological polar surface area (TPSA) is 21.7 Å². The van der Waals surface area contributed by atoms with Crippen LogP contribution in [0.15, 0.2) is 36.4 Å². The van der Waals surface area contributed by atoms with E-state index in [0.29, 0.717) is 5.92 Å². The Bertz CT molecular complexity index is 978. The molecular weight excluding hydrogens is 523 g/mol. The molecule has 151 valence electrons. The van der Waals surface area contributed by atoms with Crippen LogP contribution in [-0.2, 0) is 25.6 Å². The molecule has 0 aliphatic carbocycles. The van der Waals surface area contributed by atoms with Gasteiger partial charge in [0.25, 0.3) is 0 Å². The van der Waals surface area contributed by atoms with E-state index in [0.717, 1.165) is 17.2 Å². The first-order chi connectivity index (χ1) is 12.6. The molecule has 0 saturated carbocycles. The van der Waals surface area contributed by atoms with E-state index in [9.17, 15) is 0 Å². The van der Waals surface area contributed by atoms with Crippen molar-refractivity contribution in [3.63, 3.8) is 0 Å². The minimum Gasteiger partial charge on any atom is -0.203 e. The molecule has 0 bridgehead atoms. The molecule has 0 N–H and O–H groups in total. The summed E-state index contributed by atoms with van der Waals surface area (Å²) < 4.78 is 4.64. The minimum atomic E-state index is -0.135. The third-order valence-electron chi connectivity index (χ3n) is 4.77. The van der Waals surface area contributed by atoms with E-state index in [2.05, 4.69) is 101 Å². The minimum absolute atomic E-state index is 0. The fourth-order valence-electron chi connectivity index (χ4n) is 3.55. The van der Waals surface area contributed by atoms with Gasteiger partial charge in [-0.15, -0.1) is 34.5 Å². The summed E-state index contributed by atoms with van der Waals surface area (Å²) in [7, 11) is 0. The van der Waals surface area contributed by atoms with Gasteiger partial charge in [0.05, 0.1) is 11.5 Å². The van der Waals surface area contributed by atoms with Gasteiger partial charge < -0.3 is 0 Å². The van der Waals surface area contributed by atoms with Crippen LogP contribution in [0.3, 0.4) is 0 Å². The van der Waals surface area contributed by atoms with E-state index >= 15 is 0 Å². The Morgan fingerprint density at radius 3 is 2.18 bits per heavy atom. The van der Waals surface area contributed by atoms with Crippen molar-refractivity contribution in [1.29, 1.82) is 0 Å². The molecule has 3 nitrogen and oxygen atoms in total. The molecule has 0 aliphatic heterocycles. The fraction of sp³-hybridized carbons (Fsp3) is 0.417. The average Bonchev–Trinajstić information content (AvgIpc) is 2.95. The Morgan fingerprint density at radius 2 is 1.64 bits per heavy atom. The summed E-state index contributed by atoms with van der Waals surface area (Å²) >= 11 is 0. The van der Waals surface area contributed by atoms with Gasteiger partial charge in [0.1, 0.15) is 0 Å². The van der Waals surface area contributed by atoms with E-state index in [4.69, 9.17) is 4.98 Å². The molecule has 0 atom stereocenters. The largest absolute Gasteiger partial charge is 0.316 e. The Kier molecular flexibility index (Phi) is 6.68. The summed E-state index contributed by atoms with van der Waals surface area (Å²) in [4.78, 5) is 5.12. The first kappa shape index (κ1) is 22.5. The van der Waals surface area contributed by atoms with Gasteiger partial charge in [-0.3, -0.25) is 0 Å². The van der Waals surface area contributed by atoms with Crippen molar-refractivity contribution in [3.05, 3.63) is 65.0 Å². The van der Waals surface area contributed by atoms with Crippen LogP contribution >= 0.6 is 0 Å². The SMILES string of the molecule is Cc1cc[c-]c(-c2nc(C(C)C)[n+](-c3ccc(C)cc3C)n2C(C)(C)C)c1.[Ir]. The van der Waals surface area contributed by atoms with Crippen LogP contribution in [-0.4, -0.2) is 9.67 Å². The molecular formula is C24H31IrN3. The number of hydrogen-bond acceptors (Lipinski definition) is 1. The number of benzene rings is 2. The summed E-state index contributed by atoms with van der Waals surface area (Å²) in [6.45, 7) is 17.5. The van der Waals surface area contributed by atoms with Crippen LogP contribution in [0.4, 0.5) is 0 Å². The van der Waals surface area contributed by atoms with Crippen molar-refractivity contribution in [2.45, 2.75) is 66.8 Å². The summed E-state index contributed by atoms with van der Waals surface area (Å²) in [5.41, 5.74) is 5.84. The molecule has 2 aromatic carbocycles. The van der Waals surface area contributed by atoms with Gasteiger partial charge in [-0.2, -0.15) is 0 Å². The Morgan fingerprint density at radius 1 is 1.00 bits per heavy atom. The Balaban J connectivity index is 0.00000280. The predicted octanol–water partition coefficient (Wildman–Crippen LogP) is 5.43. The van der Waals surface area contributed by atoms with E-state index in [-0.39, 0.29) is 25.6 Å². The van der Waals surface area contributed by atoms with Crippen molar-refractivity contribution in [1.82, 2.24) is 9.67 Å². The maximum absolute atomic E-state index is 5.12. The maximum atomic E-state index is 5.12. The molecule has 0 fully saturated rings. The van der Waals surface area contributed by atoms with Crippen LogP contribution < -0.4 is 4.68 Å². The molecule has 1 heterocycles. The molecule has 3 aromatic rings. The quantitative estimate of drug-likeness (QED) is 0.313. The number of rotatable bonds is 3. The zero-order valence-electron chi connectivity index (χ0n) is 18.2. The summed E-state index contributed by atoms with van der Waals surface area (Å²) in [6, 6.07) is 16.3. The van der Waals surface area contributed by atoms with Crippen LogP contribution in [0, 0.1) is 26.8 Å². The van der Waals surface area contributed by atoms with Gasteiger partial charge in [-0.25, -0.2) is 4.68 Å². The van der Waals surface area contributed by atoms with E-state index in [1.54, 1.807) is 0 Å². The first-order valence-corrected chi connectivity index (χ1v) is 9.71. The van der Waals surface area contributed by atoms with E-state index < -0.39 is 0 Å². The molecule has 0 aliphatic rings. The molecule has 0 amide bonds. The fourth-order valence-corrected chi connectivity index (χ4v) is 3.55. The summed E-state index contributed by atoms with van der Waals surface area (Å²) in [6.07, 6.45) is 0. The van der Waals surface area contributed by atoms with Crippen molar-refractivity contribution in [2.75, 3.05) is 0 Å². The molecule has 4 heteroatoms. The van der Waals surface area contributed by atoms with Crippen molar-refractivity contribution in [2.24, 2.45) is 0 Å². The Hall–Kier alpha value is -1.77. The zero-order valence-corrected chi connectivity index (χ0v) is 20.6. The molecule has 0 spiro atoms. The van der Waals surface area contributed by atoms with Crippen LogP contribution in [0.25, 0.3) is 17.1 Å². The third kappa shape index (κ3) is 4.29. The second-order valence-corrected chi connectivity index (χ2v) is 8.81. The van der Waals surface area contributed by atoms with Gasteiger partial charge in [-0.05, 0) is 46.2 Å². The number of aromatic nitrogens is 3. The van der Waals surface area contributed by atoms with Gasteiger partial charge in [0, 0.05) is 20.1 Å². The molecule has 1 radical (unpaired) electrons. The maximum Gasteiger partial charge on any atom is 0.316 e. The van der Waals surface area contributed by atoms with Crippen molar-refractivity contribution in [3.8, 4) is 17.1 Å². The van der Waals surface area contributed by atoms with E-state index in [1.807, 2.05) is 6.07 Å². The summed E-state index contributed by atoms with van der Waals surface area (Å²) in [5, 5.41) is 0.